The first-order chi connectivity index (χ1) is 16.4. The monoisotopic (exact) mass is 453 g/mol. The summed E-state index contributed by atoms with van der Waals surface area (Å²) in [5.74, 6) is -0.322. The average Bonchev–Trinajstić information content (AvgIpc) is 2.99. The van der Waals surface area contributed by atoms with Gasteiger partial charge in [-0.25, -0.2) is 0 Å². The quantitative estimate of drug-likeness (QED) is 0.417. The Morgan fingerprint density at radius 3 is 2.41 bits per heavy atom. The van der Waals surface area contributed by atoms with Crippen LogP contribution in [0.1, 0.15) is 42.9 Å². The second-order valence-electron chi connectivity index (χ2n) is 8.62. The predicted octanol–water partition coefficient (Wildman–Crippen LogP) is 5.52. The van der Waals surface area contributed by atoms with E-state index in [2.05, 4.69) is 5.32 Å². The number of carbonyl (C=O) groups excluding carboxylic acids is 2. The van der Waals surface area contributed by atoms with Gasteiger partial charge in [0, 0.05) is 36.7 Å². The molecule has 7 nitrogen and oxygen atoms in total. The smallest absolute Gasteiger partial charge is 0.269 e. The fraction of sp³-hybridized carbons (Fsp3) is 0.185. The summed E-state index contributed by atoms with van der Waals surface area (Å²) in [6.45, 7) is 1.45. The number of fused-ring (bicyclic) bond motifs is 1. The predicted molar refractivity (Wildman–Crippen MR) is 130 cm³/mol. The molecule has 0 unspecified atom stereocenters. The number of benzene rings is 3. The van der Waals surface area contributed by atoms with E-state index in [-0.39, 0.29) is 23.3 Å². The number of non-ortho nitro benzene ring substituents is 1. The van der Waals surface area contributed by atoms with Gasteiger partial charge in [-0.1, -0.05) is 54.6 Å². The number of allylic oxidation sites excluding steroid dienone is 1. The van der Waals surface area contributed by atoms with E-state index in [1.807, 2.05) is 54.6 Å². The van der Waals surface area contributed by atoms with E-state index in [4.69, 9.17) is 0 Å². The van der Waals surface area contributed by atoms with E-state index >= 15 is 0 Å². The molecule has 1 heterocycles. The summed E-state index contributed by atoms with van der Waals surface area (Å²) >= 11 is 0. The molecule has 0 saturated carbocycles. The van der Waals surface area contributed by atoms with Crippen molar-refractivity contribution >= 4 is 28.8 Å². The van der Waals surface area contributed by atoms with E-state index in [0.29, 0.717) is 29.7 Å². The summed E-state index contributed by atoms with van der Waals surface area (Å²) in [7, 11) is 0. The summed E-state index contributed by atoms with van der Waals surface area (Å²) in [6, 6.07) is 22.7. The molecule has 0 radical (unpaired) electrons. The number of Topliss-reactive ketones (excluding diaryl/α,β-unsaturated/α-hetero) is 1. The van der Waals surface area contributed by atoms with Crippen LogP contribution in [0.3, 0.4) is 0 Å². The van der Waals surface area contributed by atoms with E-state index in [9.17, 15) is 19.7 Å². The van der Waals surface area contributed by atoms with Crippen LogP contribution in [0.5, 0.6) is 0 Å². The Morgan fingerprint density at radius 2 is 1.68 bits per heavy atom. The molecule has 2 atom stereocenters. The molecular weight excluding hydrogens is 430 g/mol. The summed E-state index contributed by atoms with van der Waals surface area (Å²) in [6.07, 6.45) is 0.897. The molecule has 5 rings (SSSR count). The first kappa shape index (κ1) is 21.6. The third-order valence-corrected chi connectivity index (χ3v) is 6.50. The fourth-order valence-corrected chi connectivity index (χ4v) is 5.02. The number of hydrogen-bond donors (Lipinski definition) is 1. The summed E-state index contributed by atoms with van der Waals surface area (Å²) in [5, 5.41) is 14.9. The minimum Gasteiger partial charge on any atom is -0.357 e. The van der Waals surface area contributed by atoms with Crippen molar-refractivity contribution in [3.05, 3.63) is 111 Å². The van der Waals surface area contributed by atoms with Crippen LogP contribution in [0.25, 0.3) is 0 Å². The van der Waals surface area contributed by atoms with E-state index in [1.54, 1.807) is 17.0 Å². The lowest BCUT2D eigenvalue weighted by Gasteiger charge is -2.34. The second-order valence-corrected chi connectivity index (χ2v) is 8.62. The normalized spacial score (nSPS) is 19.6. The zero-order chi connectivity index (χ0) is 23.8. The van der Waals surface area contributed by atoms with Crippen molar-refractivity contribution in [2.24, 2.45) is 0 Å². The zero-order valence-electron chi connectivity index (χ0n) is 18.6. The Balaban J connectivity index is 1.72. The van der Waals surface area contributed by atoms with Gasteiger partial charge >= 0.3 is 0 Å². The van der Waals surface area contributed by atoms with Crippen LogP contribution in [0.15, 0.2) is 90.1 Å². The molecule has 1 aliphatic carbocycles. The van der Waals surface area contributed by atoms with E-state index < -0.39 is 11.0 Å². The van der Waals surface area contributed by atoms with Gasteiger partial charge in [0.05, 0.1) is 22.3 Å². The average molecular weight is 453 g/mol. The molecule has 0 spiro atoms. The van der Waals surface area contributed by atoms with Gasteiger partial charge in [-0.05, 0) is 35.6 Å². The first-order valence-corrected chi connectivity index (χ1v) is 11.2. The molecule has 1 amide bonds. The van der Waals surface area contributed by atoms with Gasteiger partial charge in [-0.2, -0.15) is 0 Å². The third-order valence-electron chi connectivity index (χ3n) is 6.50. The number of nitrogens with zero attached hydrogens (tertiary/aromatic N) is 2. The third kappa shape index (κ3) is 3.75. The number of amides is 1. The van der Waals surface area contributed by atoms with Crippen molar-refractivity contribution in [2.75, 3.05) is 10.2 Å². The van der Waals surface area contributed by atoms with Gasteiger partial charge in [0.1, 0.15) is 0 Å². The number of anilines is 2. The molecule has 3 aromatic carbocycles. The molecule has 0 bridgehead atoms. The maximum absolute atomic E-state index is 13.7. The van der Waals surface area contributed by atoms with Crippen molar-refractivity contribution < 1.29 is 14.5 Å². The lowest BCUT2D eigenvalue weighted by atomic mass is 9.78. The SMILES string of the molecule is CC(=O)N1c2ccccc2NC2=C(C(=O)C[C@@H](c3ccccc3)C2)[C@@H]1c1cccc([N+](=O)[O-])c1. The minimum absolute atomic E-state index is 0.00162. The molecule has 3 aromatic rings. The fourth-order valence-electron chi connectivity index (χ4n) is 5.02. The Bertz CT molecular complexity index is 1330. The highest BCUT2D eigenvalue weighted by molar-refractivity contribution is 6.06. The summed E-state index contributed by atoms with van der Waals surface area (Å²) < 4.78 is 0. The van der Waals surface area contributed by atoms with Gasteiger partial charge < -0.3 is 5.32 Å². The Morgan fingerprint density at radius 1 is 0.971 bits per heavy atom. The minimum atomic E-state index is -0.771. The van der Waals surface area contributed by atoms with Crippen LogP contribution in [-0.2, 0) is 9.59 Å². The van der Waals surface area contributed by atoms with Gasteiger partial charge in [0.25, 0.3) is 5.69 Å². The van der Waals surface area contributed by atoms with Crippen LogP contribution >= 0.6 is 0 Å². The van der Waals surface area contributed by atoms with Gasteiger partial charge in [-0.15, -0.1) is 0 Å². The molecule has 0 fully saturated rings. The number of nitrogens with one attached hydrogen (secondary N) is 1. The van der Waals surface area contributed by atoms with E-state index in [1.165, 1.54) is 19.1 Å². The topological polar surface area (TPSA) is 92.6 Å². The second kappa shape index (κ2) is 8.59. The van der Waals surface area contributed by atoms with Crippen molar-refractivity contribution in [1.82, 2.24) is 0 Å². The summed E-state index contributed by atoms with van der Waals surface area (Å²) in [5.41, 5.74) is 4.11. The molecule has 34 heavy (non-hydrogen) atoms. The van der Waals surface area contributed by atoms with Gasteiger partial charge in [0.2, 0.25) is 5.91 Å². The van der Waals surface area contributed by atoms with Gasteiger partial charge in [0.15, 0.2) is 5.78 Å². The molecule has 170 valence electrons. The molecule has 1 N–H and O–H groups in total. The lowest BCUT2D eigenvalue weighted by Crippen LogP contribution is -2.37. The maximum atomic E-state index is 13.7. The maximum Gasteiger partial charge on any atom is 0.269 e. The van der Waals surface area contributed by atoms with Crippen LogP contribution < -0.4 is 10.2 Å². The number of nitro groups is 1. The highest BCUT2D eigenvalue weighted by Crippen LogP contribution is 2.47. The summed E-state index contributed by atoms with van der Waals surface area (Å²) in [4.78, 5) is 39.3. The lowest BCUT2D eigenvalue weighted by molar-refractivity contribution is -0.384. The van der Waals surface area contributed by atoms with Crippen molar-refractivity contribution in [3.8, 4) is 0 Å². The number of carbonyl (C=O) groups is 2. The Hall–Kier alpha value is -4.26. The molecule has 7 heteroatoms. The van der Waals surface area contributed by atoms with Crippen LogP contribution in [0.2, 0.25) is 0 Å². The number of ketones is 1. The Kier molecular flexibility index (Phi) is 5.45. The highest BCUT2D eigenvalue weighted by atomic mass is 16.6. The van der Waals surface area contributed by atoms with Crippen molar-refractivity contribution in [2.45, 2.75) is 31.7 Å². The number of para-hydroxylation sites is 2. The van der Waals surface area contributed by atoms with Crippen LogP contribution in [0, 0.1) is 10.1 Å². The first-order valence-electron chi connectivity index (χ1n) is 11.2. The Labute approximate surface area is 196 Å². The standard InChI is InChI=1S/C27H23N3O4/c1-17(31)29-24-13-6-5-12-22(24)28-23-15-20(18-8-3-2-4-9-18)16-25(32)26(23)27(29)19-10-7-11-21(14-19)30(33)34/h2-14,20,27-28H,15-16H2,1H3/t20-,27-/m0/s1. The van der Waals surface area contributed by atoms with Crippen molar-refractivity contribution in [3.63, 3.8) is 0 Å². The molecule has 0 aromatic heterocycles. The zero-order valence-corrected chi connectivity index (χ0v) is 18.6. The van der Waals surface area contributed by atoms with Gasteiger partial charge in [-0.3, -0.25) is 24.6 Å². The van der Waals surface area contributed by atoms with Crippen LogP contribution in [-0.4, -0.2) is 16.6 Å². The molecule has 0 saturated heterocycles. The molecular formula is C27H23N3O4. The highest BCUT2D eigenvalue weighted by Gasteiger charge is 2.41. The largest absolute Gasteiger partial charge is 0.357 e. The number of hydrogen-bond acceptors (Lipinski definition) is 5. The molecule has 2 aliphatic rings. The van der Waals surface area contributed by atoms with Crippen molar-refractivity contribution in [1.29, 1.82) is 0 Å². The molecule has 1 aliphatic heterocycles. The number of rotatable bonds is 3. The van der Waals surface area contributed by atoms with Crippen LogP contribution in [0.4, 0.5) is 17.1 Å². The number of nitro benzene ring substituents is 1. The van der Waals surface area contributed by atoms with E-state index in [0.717, 1.165) is 16.9 Å².